The lowest BCUT2D eigenvalue weighted by molar-refractivity contribution is -0.136. The minimum atomic E-state index is -0.946. The molecular formula is C24H20O3. The first-order valence-electron chi connectivity index (χ1n) is 8.82. The van der Waals surface area contributed by atoms with Crippen molar-refractivity contribution >= 4 is 33.3 Å². The van der Waals surface area contributed by atoms with Crippen LogP contribution in [0.2, 0.25) is 0 Å². The van der Waals surface area contributed by atoms with Gasteiger partial charge < -0.3 is 5.11 Å². The predicted octanol–water partition coefficient (Wildman–Crippen LogP) is 5.73. The number of carbonyl (C=O) groups excluding carboxylic acids is 1. The smallest absolute Gasteiger partial charge is 0.303 e. The Balaban J connectivity index is 0.000000177. The van der Waals surface area contributed by atoms with E-state index in [2.05, 4.69) is 48.5 Å². The number of carboxylic acids is 1. The number of benzene rings is 4. The van der Waals surface area contributed by atoms with E-state index in [1.807, 2.05) is 36.4 Å². The molecule has 0 spiro atoms. The van der Waals surface area contributed by atoms with Crippen LogP contribution >= 0.6 is 0 Å². The normalized spacial score (nSPS) is 10.2. The van der Waals surface area contributed by atoms with E-state index in [0.717, 1.165) is 10.8 Å². The number of hydrogen-bond donors (Lipinski definition) is 1. The van der Waals surface area contributed by atoms with E-state index in [4.69, 9.17) is 5.11 Å². The highest BCUT2D eigenvalue weighted by Crippen LogP contribution is 2.20. The number of fused-ring (bicyclic) bond motifs is 2. The lowest BCUT2D eigenvalue weighted by Gasteiger charge is -2.04. The van der Waals surface area contributed by atoms with Crippen molar-refractivity contribution < 1.29 is 14.7 Å². The van der Waals surface area contributed by atoms with Gasteiger partial charge in [0.1, 0.15) is 0 Å². The minimum absolute atomic E-state index is 0.0450. The molecule has 27 heavy (non-hydrogen) atoms. The summed E-state index contributed by atoms with van der Waals surface area (Å²) in [6.45, 7) is 0. The van der Waals surface area contributed by atoms with Crippen molar-refractivity contribution in [2.75, 3.05) is 0 Å². The standard InChI is InChI=1S/C14H12O3.C10H8/c15-13(8-9-14(16)17)12-7-3-5-10-4-1-2-6-11(10)12;1-2-6-10-8-4-3-7-9(10)5-1/h1-7H,8-9H2,(H,16,17);1-8H. The van der Waals surface area contributed by atoms with Gasteiger partial charge in [0.2, 0.25) is 0 Å². The minimum Gasteiger partial charge on any atom is -0.481 e. The fourth-order valence-corrected chi connectivity index (χ4v) is 2.96. The van der Waals surface area contributed by atoms with Crippen molar-refractivity contribution in [3.63, 3.8) is 0 Å². The van der Waals surface area contributed by atoms with Gasteiger partial charge in [-0.3, -0.25) is 9.59 Å². The Morgan fingerprint density at radius 1 is 0.593 bits per heavy atom. The first-order valence-corrected chi connectivity index (χ1v) is 8.82. The van der Waals surface area contributed by atoms with Crippen LogP contribution in [-0.4, -0.2) is 16.9 Å². The highest BCUT2D eigenvalue weighted by atomic mass is 16.4. The second-order valence-corrected chi connectivity index (χ2v) is 6.19. The third kappa shape index (κ3) is 4.79. The van der Waals surface area contributed by atoms with Gasteiger partial charge in [0.05, 0.1) is 6.42 Å². The third-order valence-electron chi connectivity index (χ3n) is 4.31. The van der Waals surface area contributed by atoms with E-state index in [9.17, 15) is 9.59 Å². The van der Waals surface area contributed by atoms with Crippen LogP contribution in [0.5, 0.6) is 0 Å². The summed E-state index contributed by atoms with van der Waals surface area (Å²) in [6.07, 6.45) is -0.0780. The molecule has 0 unspecified atom stereocenters. The molecule has 0 aliphatic rings. The Bertz CT molecular complexity index is 1010. The Morgan fingerprint density at radius 2 is 1.07 bits per heavy atom. The molecule has 0 radical (unpaired) electrons. The quantitative estimate of drug-likeness (QED) is 0.475. The lowest BCUT2D eigenvalue weighted by Crippen LogP contribution is -2.04. The van der Waals surface area contributed by atoms with Crippen LogP contribution in [0, 0.1) is 0 Å². The molecule has 3 nitrogen and oxygen atoms in total. The number of ketones is 1. The summed E-state index contributed by atoms with van der Waals surface area (Å²) in [5, 5.41) is 13.1. The topological polar surface area (TPSA) is 54.4 Å². The maximum absolute atomic E-state index is 11.9. The SMILES string of the molecule is O=C(O)CCC(=O)c1cccc2ccccc12.c1ccc2ccccc2c1. The third-order valence-corrected chi connectivity index (χ3v) is 4.31. The molecule has 4 rings (SSSR count). The van der Waals surface area contributed by atoms with Crippen LogP contribution in [0.3, 0.4) is 0 Å². The zero-order valence-corrected chi connectivity index (χ0v) is 14.8. The molecule has 0 heterocycles. The van der Waals surface area contributed by atoms with Crippen LogP contribution in [0.4, 0.5) is 0 Å². The molecule has 0 atom stereocenters. The van der Waals surface area contributed by atoms with Crippen molar-refractivity contribution in [1.82, 2.24) is 0 Å². The molecule has 0 fully saturated rings. The molecular weight excluding hydrogens is 336 g/mol. The van der Waals surface area contributed by atoms with Gasteiger partial charge in [-0.1, -0.05) is 91.0 Å². The van der Waals surface area contributed by atoms with Crippen molar-refractivity contribution in [3.8, 4) is 0 Å². The lowest BCUT2D eigenvalue weighted by atomic mass is 9.99. The molecule has 0 saturated heterocycles. The first-order chi connectivity index (χ1) is 13.1. The summed E-state index contributed by atoms with van der Waals surface area (Å²) in [4.78, 5) is 22.3. The fourth-order valence-electron chi connectivity index (χ4n) is 2.96. The predicted molar refractivity (Wildman–Crippen MR) is 109 cm³/mol. The Kier molecular flexibility index (Phi) is 5.95. The number of hydrogen-bond acceptors (Lipinski definition) is 2. The molecule has 3 heteroatoms. The van der Waals surface area contributed by atoms with E-state index in [0.29, 0.717) is 5.56 Å². The highest BCUT2D eigenvalue weighted by Gasteiger charge is 2.11. The molecule has 1 N–H and O–H groups in total. The maximum atomic E-state index is 11.9. The van der Waals surface area contributed by atoms with E-state index < -0.39 is 5.97 Å². The van der Waals surface area contributed by atoms with Gasteiger partial charge in [-0.15, -0.1) is 0 Å². The van der Waals surface area contributed by atoms with Gasteiger partial charge in [0, 0.05) is 12.0 Å². The first kappa shape index (κ1) is 18.3. The number of carboxylic acid groups (broad SMARTS) is 1. The van der Waals surface area contributed by atoms with E-state index in [1.54, 1.807) is 6.07 Å². The second-order valence-electron chi connectivity index (χ2n) is 6.19. The number of carbonyl (C=O) groups is 2. The van der Waals surface area contributed by atoms with Gasteiger partial charge >= 0.3 is 5.97 Å². The number of Topliss-reactive ketones (excluding diaryl/α,β-unsaturated/α-hetero) is 1. The summed E-state index contributed by atoms with van der Waals surface area (Å²) in [5.41, 5.74) is 0.601. The van der Waals surface area contributed by atoms with E-state index >= 15 is 0 Å². The van der Waals surface area contributed by atoms with Gasteiger partial charge in [0.15, 0.2) is 5.78 Å². The summed E-state index contributed by atoms with van der Waals surface area (Å²) >= 11 is 0. The zero-order valence-electron chi connectivity index (χ0n) is 14.8. The highest BCUT2D eigenvalue weighted by molar-refractivity contribution is 6.08. The van der Waals surface area contributed by atoms with Crippen molar-refractivity contribution in [2.24, 2.45) is 0 Å². The van der Waals surface area contributed by atoms with Crippen LogP contribution in [0.1, 0.15) is 23.2 Å². The average Bonchev–Trinajstić information content (AvgIpc) is 2.72. The summed E-state index contributed by atoms with van der Waals surface area (Å²) in [6, 6.07) is 29.8. The molecule has 4 aromatic carbocycles. The second kappa shape index (κ2) is 8.77. The maximum Gasteiger partial charge on any atom is 0.303 e. The molecule has 134 valence electrons. The molecule has 0 amide bonds. The summed E-state index contributed by atoms with van der Waals surface area (Å²) < 4.78 is 0. The van der Waals surface area contributed by atoms with E-state index in [-0.39, 0.29) is 18.6 Å². The van der Waals surface area contributed by atoms with Crippen molar-refractivity contribution in [1.29, 1.82) is 0 Å². The van der Waals surface area contributed by atoms with Crippen molar-refractivity contribution in [2.45, 2.75) is 12.8 Å². The van der Waals surface area contributed by atoms with Gasteiger partial charge in [-0.2, -0.15) is 0 Å². The van der Waals surface area contributed by atoms with Crippen molar-refractivity contribution in [3.05, 3.63) is 96.6 Å². The van der Waals surface area contributed by atoms with Gasteiger partial charge in [-0.05, 0) is 21.5 Å². The Hall–Kier alpha value is -3.46. The zero-order chi connectivity index (χ0) is 19.1. The van der Waals surface area contributed by atoms with Crippen LogP contribution in [0.15, 0.2) is 91.0 Å². The molecule has 4 aromatic rings. The summed E-state index contributed by atoms with van der Waals surface area (Å²) in [7, 11) is 0. The van der Waals surface area contributed by atoms with Crippen LogP contribution < -0.4 is 0 Å². The average molecular weight is 356 g/mol. The summed E-state index contributed by atoms with van der Waals surface area (Å²) in [5.74, 6) is -1.07. The largest absolute Gasteiger partial charge is 0.481 e. The molecule has 0 bridgehead atoms. The molecule has 0 aromatic heterocycles. The van der Waals surface area contributed by atoms with E-state index in [1.165, 1.54) is 10.8 Å². The molecule has 0 aliphatic heterocycles. The van der Waals surface area contributed by atoms with Crippen LogP contribution in [-0.2, 0) is 4.79 Å². The molecule has 0 saturated carbocycles. The van der Waals surface area contributed by atoms with Crippen LogP contribution in [0.25, 0.3) is 21.5 Å². The van der Waals surface area contributed by atoms with Gasteiger partial charge in [0.25, 0.3) is 0 Å². The van der Waals surface area contributed by atoms with Gasteiger partial charge in [-0.25, -0.2) is 0 Å². The number of rotatable bonds is 4. The Morgan fingerprint density at radius 3 is 1.63 bits per heavy atom. The molecule has 0 aliphatic carbocycles. The fraction of sp³-hybridized carbons (Fsp3) is 0.0833. The Labute approximate surface area is 157 Å². The monoisotopic (exact) mass is 356 g/mol. The number of aliphatic carboxylic acids is 1.